The Hall–Kier alpha value is -1.60. The van der Waals surface area contributed by atoms with E-state index in [9.17, 15) is 0 Å². The first kappa shape index (κ1) is 14.3. The number of hydrogen-bond acceptors (Lipinski definition) is 1. The van der Waals surface area contributed by atoms with Gasteiger partial charge >= 0.3 is 0 Å². The molecule has 0 bridgehead atoms. The van der Waals surface area contributed by atoms with E-state index < -0.39 is 0 Å². The first-order valence-corrected chi connectivity index (χ1v) is 8.13. The standard InChI is InChI=1S/C20H25N/c1-15-6-3-4-7-17(15)12-13-21-16(2)19-11-10-18-8-5-9-20(18)14-19/h3-4,6-7,10-11,14,16,21H,5,8-9,12-13H2,1-2H3. The van der Waals surface area contributed by atoms with E-state index in [4.69, 9.17) is 0 Å². The Morgan fingerprint density at radius 3 is 2.71 bits per heavy atom. The topological polar surface area (TPSA) is 12.0 Å². The molecule has 1 nitrogen and oxygen atoms in total. The fourth-order valence-electron chi connectivity index (χ4n) is 3.29. The molecular formula is C20H25N. The molecule has 0 radical (unpaired) electrons. The molecule has 1 unspecified atom stereocenters. The highest BCUT2D eigenvalue weighted by atomic mass is 14.9. The van der Waals surface area contributed by atoms with Crippen LogP contribution in [0.3, 0.4) is 0 Å². The van der Waals surface area contributed by atoms with Gasteiger partial charge < -0.3 is 5.32 Å². The maximum absolute atomic E-state index is 3.67. The van der Waals surface area contributed by atoms with Crippen molar-refractivity contribution >= 4 is 0 Å². The van der Waals surface area contributed by atoms with Crippen LogP contribution in [0.4, 0.5) is 0 Å². The Labute approximate surface area is 128 Å². The van der Waals surface area contributed by atoms with E-state index in [1.54, 1.807) is 11.1 Å². The minimum atomic E-state index is 0.430. The van der Waals surface area contributed by atoms with Gasteiger partial charge in [-0.1, -0.05) is 42.5 Å². The quantitative estimate of drug-likeness (QED) is 0.856. The average Bonchev–Trinajstić information content (AvgIpc) is 2.96. The number of rotatable bonds is 5. The van der Waals surface area contributed by atoms with E-state index in [1.807, 2.05) is 0 Å². The molecule has 0 aliphatic heterocycles. The van der Waals surface area contributed by atoms with Crippen LogP contribution in [-0.2, 0) is 19.3 Å². The van der Waals surface area contributed by atoms with Gasteiger partial charge in [-0.3, -0.25) is 0 Å². The van der Waals surface area contributed by atoms with Gasteiger partial charge in [0.15, 0.2) is 0 Å². The second kappa shape index (κ2) is 6.44. The fourth-order valence-corrected chi connectivity index (χ4v) is 3.29. The van der Waals surface area contributed by atoms with E-state index >= 15 is 0 Å². The van der Waals surface area contributed by atoms with E-state index in [2.05, 4.69) is 61.6 Å². The van der Waals surface area contributed by atoms with Crippen LogP contribution in [0.2, 0.25) is 0 Å². The molecule has 0 fully saturated rings. The molecule has 0 saturated carbocycles. The largest absolute Gasteiger partial charge is 0.310 e. The van der Waals surface area contributed by atoms with Gasteiger partial charge in [0.1, 0.15) is 0 Å². The van der Waals surface area contributed by atoms with Crippen LogP contribution in [0, 0.1) is 6.92 Å². The molecule has 2 aromatic rings. The molecule has 0 saturated heterocycles. The minimum absolute atomic E-state index is 0.430. The molecule has 1 atom stereocenters. The zero-order valence-electron chi connectivity index (χ0n) is 13.2. The average molecular weight is 279 g/mol. The van der Waals surface area contributed by atoms with Gasteiger partial charge in [-0.2, -0.15) is 0 Å². The highest BCUT2D eigenvalue weighted by molar-refractivity contribution is 5.36. The summed E-state index contributed by atoms with van der Waals surface area (Å²) in [6.07, 6.45) is 4.96. The summed E-state index contributed by atoms with van der Waals surface area (Å²) in [5.74, 6) is 0. The van der Waals surface area contributed by atoms with Crippen LogP contribution in [0.15, 0.2) is 42.5 Å². The summed E-state index contributed by atoms with van der Waals surface area (Å²) in [5.41, 5.74) is 7.40. The number of aryl methyl sites for hydroxylation is 3. The smallest absolute Gasteiger partial charge is 0.0292 e. The van der Waals surface area contributed by atoms with Gasteiger partial charge in [0.25, 0.3) is 0 Å². The Bertz CT molecular complexity index is 615. The summed E-state index contributed by atoms with van der Waals surface area (Å²) in [6.45, 7) is 5.50. The van der Waals surface area contributed by atoms with Crippen molar-refractivity contribution in [2.45, 2.75) is 45.6 Å². The maximum Gasteiger partial charge on any atom is 0.0292 e. The summed E-state index contributed by atoms with van der Waals surface area (Å²) >= 11 is 0. The van der Waals surface area contributed by atoms with Gasteiger partial charge in [0.05, 0.1) is 0 Å². The van der Waals surface area contributed by atoms with E-state index in [0.29, 0.717) is 6.04 Å². The zero-order valence-corrected chi connectivity index (χ0v) is 13.2. The van der Waals surface area contributed by atoms with Crippen LogP contribution >= 0.6 is 0 Å². The summed E-state index contributed by atoms with van der Waals surface area (Å²) in [6, 6.07) is 16.1. The Morgan fingerprint density at radius 2 is 1.86 bits per heavy atom. The van der Waals surface area contributed by atoms with E-state index in [-0.39, 0.29) is 0 Å². The van der Waals surface area contributed by atoms with Crippen LogP contribution in [0.5, 0.6) is 0 Å². The first-order chi connectivity index (χ1) is 10.2. The summed E-state index contributed by atoms with van der Waals surface area (Å²) in [7, 11) is 0. The maximum atomic E-state index is 3.67. The molecule has 1 N–H and O–H groups in total. The van der Waals surface area contributed by atoms with E-state index in [0.717, 1.165) is 13.0 Å². The molecule has 0 amide bonds. The molecule has 3 rings (SSSR count). The molecule has 1 heteroatoms. The summed E-state index contributed by atoms with van der Waals surface area (Å²) in [4.78, 5) is 0. The Balaban J connectivity index is 1.57. The second-order valence-corrected chi connectivity index (χ2v) is 6.23. The lowest BCUT2D eigenvalue weighted by molar-refractivity contribution is 0.576. The third kappa shape index (κ3) is 3.36. The molecule has 1 aliphatic rings. The second-order valence-electron chi connectivity index (χ2n) is 6.23. The monoisotopic (exact) mass is 279 g/mol. The zero-order chi connectivity index (χ0) is 14.7. The lowest BCUT2D eigenvalue weighted by atomic mass is 10.0. The predicted molar refractivity (Wildman–Crippen MR) is 89.8 cm³/mol. The number of fused-ring (bicyclic) bond motifs is 1. The third-order valence-corrected chi connectivity index (χ3v) is 4.73. The molecule has 110 valence electrons. The molecule has 1 aliphatic carbocycles. The van der Waals surface area contributed by atoms with Crippen LogP contribution in [0.1, 0.15) is 47.2 Å². The van der Waals surface area contributed by atoms with Crippen molar-refractivity contribution in [1.29, 1.82) is 0 Å². The first-order valence-electron chi connectivity index (χ1n) is 8.13. The molecular weight excluding hydrogens is 254 g/mol. The predicted octanol–water partition coefficient (Wildman–Crippen LogP) is 4.38. The third-order valence-electron chi connectivity index (χ3n) is 4.73. The highest BCUT2D eigenvalue weighted by Crippen LogP contribution is 2.25. The van der Waals surface area contributed by atoms with Gasteiger partial charge in [0, 0.05) is 6.04 Å². The Kier molecular flexibility index (Phi) is 4.40. The van der Waals surface area contributed by atoms with Crippen molar-refractivity contribution in [1.82, 2.24) is 5.32 Å². The van der Waals surface area contributed by atoms with Crippen molar-refractivity contribution in [3.8, 4) is 0 Å². The van der Waals surface area contributed by atoms with Crippen molar-refractivity contribution in [2.75, 3.05) is 6.54 Å². The fraction of sp³-hybridized carbons (Fsp3) is 0.400. The highest BCUT2D eigenvalue weighted by Gasteiger charge is 2.13. The normalized spacial score (nSPS) is 15.0. The SMILES string of the molecule is Cc1ccccc1CCNC(C)c1ccc2c(c1)CCC2. The van der Waals surface area contributed by atoms with Crippen molar-refractivity contribution < 1.29 is 0 Å². The summed E-state index contributed by atoms with van der Waals surface area (Å²) < 4.78 is 0. The Morgan fingerprint density at radius 1 is 1.05 bits per heavy atom. The van der Waals surface area contributed by atoms with Gasteiger partial charge in [0.2, 0.25) is 0 Å². The van der Waals surface area contributed by atoms with Gasteiger partial charge in [-0.25, -0.2) is 0 Å². The number of hydrogen-bond donors (Lipinski definition) is 1. The van der Waals surface area contributed by atoms with Gasteiger partial charge in [-0.15, -0.1) is 0 Å². The van der Waals surface area contributed by atoms with Crippen molar-refractivity contribution in [3.63, 3.8) is 0 Å². The van der Waals surface area contributed by atoms with Crippen molar-refractivity contribution in [2.24, 2.45) is 0 Å². The van der Waals surface area contributed by atoms with Gasteiger partial charge in [-0.05, 0) is 73.9 Å². The molecule has 0 heterocycles. The van der Waals surface area contributed by atoms with Crippen molar-refractivity contribution in [3.05, 3.63) is 70.3 Å². The molecule has 0 spiro atoms. The van der Waals surface area contributed by atoms with Crippen LogP contribution in [0.25, 0.3) is 0 Å². The van der Waals surface area contributed by atoms with E-state index in [1.165, 1.54) is 36.0 Å². The number of nitrogens with one attached hydrogen (secondary N) is 1. The van der Waals surface area contributed by atoms with Crippen LogP contribution in [-0.4, -0.2) is 6.54 Å². The summed E-state index contributed by atoms with van der Waals surface area (Å²) in [5, 5.41) is 3.67. The minimum Gasteiger partial charge on any atom is -0.310 e. The lowest BCUT2D eigenvalue weighted by Gasteiger charge is -2.16. The molecule has 21 heavy (non-hydrogen) atoms. The molecule has 0 aromatic heterocycles. The lowest BCUT2D eigenvalue weighted by Crippen LogP contribution is -2.21. The molecule has 2 aromatic carbocycles. The van der Waals surface area contributed by atoms with Crippen LogP contribution < -0.4 is 5.32 Å². The number of benzene rings is 2.